The zero-order valence-electron chi connectivity index (χ0n) is 9.59. The predicted molar refractivity (Wildman–Crippen MR) is 63.5 cm³/mol. The Morgan fingerprint density at radius 2 is 1.89 bits per heavy atom. The Morgan fingerprint density at radius 1 is 1.17 bits per heavy atom. The van der Waals surface area contributed by atoms with Crippen LogP contribution in [0.25, 0.3) is 10.8 Å². The van der Waals surface area contributed by atoms with Gasteiger partial charge in [-0.05, 0) is 34.5 Å². The monoisotopic (exact) mass is 243 g/mol. The van der Waals surface area contributed by atoms with E-state index in [0.717, 1.165) is 16.5 Å². The molecular formula is C14H11O4-. The van der Waals surface area contributed by atoms with Crippen molar-refractivity contribution in [2.75, 3.05) is 13.2 Å². The van der Waals surface area contributed by atoms with Crippen molar-refractivity contribution >= 4 is 16.7 Å². The molecule has 1 aliphatic heterocycles. The molecular weight excluding hydrogens is 232 g/mol. The molecule has 4 heteroatoms. The maximum atomic E-state index is 10.8. The summed E-state index contributed by atoms with van der Waals surface area (Å²) in [6, 6.07) is 10.5. The zero-order valence-corrected chi connectivity index (χ0v) is 9.59. The summed E-state index contributed by atoms with van der Waals surface area (Å²) in [4.78, 5) is 10.8. The van der Waals surface area contributed by atoms with Gasteiger partial charge in [-0.1, -0.05) is 18.2 Å². The SMILES string of the molecule is O=C([O-])c1ccc2cc(OC3COC3)ccc2c1. The van der Waals surface area contributed by atoms with Crippen molar-refractivity contribution in [3.63, 3.8) is 0 Å². The van der Waals surface area contributed by atoms with E-state index in [2.05, 4.69) is 0 Å². The number of rotatable bonds is 3. The third kappa shape index (κ3) is 2.02. The van der Waals surface area contributed by atoms with Gasteiger partial charge < -0.3 is 19.4 Å². The van der Waals surface area contributed by atoms with Crippen LogP contribution >= 0.6 is 0 Å². The van der Waals surface area contributed by atoms with Gasteiger partial charge in [0.2, 0.25) is 0 Å². The van der Waals surface area contributed by atoms with E-state index in [0.29, 0.717) is 13.2 Å². The summed E-state index contributed by atoms with van der Waals surface area (Å²) < 4.78 is 10.7. The van der Waals surface area contributed by atoms with Gasteiger partial charge in [0.15, 0.2) is 0 Å². The fourth-order valence-corrected chi connectivity index (χ4v) is 1.90. The molecule has 2 aromatic carbocycles. The number of benzene rings is 2. The second-order valence-corrected chi connectivity index (χ2v) is 4.29. The summed E-state index contributed by atoms with van der Waals surface area (Å²) in [5.41, 5.74) is 0.184. The van der Waals surface area contributed by atoms with E-state index in [4.69, 9.17) is 9.47 Å². The van der Waals surface area contributed by atoms with Crippen LogP contribution in [-0.2, 0) is 4.74 Å². The molecule has 0 atom stereocenters. The molecule has 2 aromatic rings. The van der Waals surface area contributed by atoms with Gasteiger partial charge in [0.1, 0.15) is 11.9 Å². The summed E-state index contributed by atoms with van der Waals surface area (Å²) in [5, 5.41) is 12.6. The van der Waals surface area contributed by atoms with Crippen LogP contribution in [0.5, 0.6) is 5.75 Å². The Kier molecular flexibility index (Phi) is 2.64. The van der Waals surface area contributed by atoms with Gasteiger partial charge in [-0.2, -0.15) is 0 Å². The standard InChI is InChI=1S/C14H12O4/c15-14(16)11-2-1-10-6-12(4-3-9(10)5-11)18-13-7-17-8-13/h1-6,13H,7-8H2,(H,15,16)/p-1. The summed E-state index contributed by atoms with van der Waals surface area (Å²) in [6.45, 7) is 1.25. The highest BCUT2D eigenvalue weighted by atomic mass is 16.6. The lowest BCUT2D eigenvalue weighted by atomic mass is 10.1. The van der Waals surface area contributed by atoms with E-state index in [1.54, 1.807) is 12.1 Å². The van der Waals surface area contributed by atoms with Gasteiger partial charge in [-0.3, -0.25) is 0 Å². The van der Waals surface area contributed by atoms with E-state index in [1.807, 2.05) is 18.2 Å². The van der Waals surface area contributed by atoms with Gasteiger partial charge in [0.25, 0.3) is 0 Å². The second kappa shape index (κ2) is 4.31. The molecule has 0 bridgehead atoms. The minimum Gasteiger partial charge on any atom is -0.545 e. The topological polar surface area (TPSA) is 58.6 Å². The number of carboxylic acids is 1. The molecule has 0 saturated carbocycles. The van der Waals surface area contributed by atoms with Crippen molar-refractivity contribution in [1.29, 1.82) is 0 Å². The molecule has 92 valence electrons. The van der Waals surface area contributed by atoms with Crippen molar-refractivity contribution in [1.82, 2.24) is 0 Å². The van der Waals surface area contributed by atoms with Crippen molar-refractivity contribution in [2.24, 2.45) is 0 Å². The average molecular weight is 243 g/mol. The molecule has 0 radical (unpaired) electrons. The zero-order chi connectivity index (χ0) is 12.5. The van der Waals surface area contributed by atoms with E-state index in [9.17, 15) is 9.90 Å². The molecule has 0 aromatic heterocycles. The van der Waals surface area contributed by atoms with Crippen LogP contribution in [0.15, 0.2) is 36.4 Å². The summed E-state index contributed by atoms with van der Waals surface area (Å²) >= 11 is 0. The molecule has 4 nitrogen and oxygen atoms in total. The van der Waals surface area contributed by atoms with Crippen LogP contribution in [0.4, 0.5) is 0 Å². The van der Waals surface area contributed by atoms with Gasteiger partial charge >= 0.3 is 0 Å². The van der Waals surface area contributed by atoms with E-state index >= 15 is 0 Å². The lowest BCUT2D eigenvalue weighted by molar-refractivity contribution is -0.255. The first-order valence-corrected chi connectivity index (χ1v) is 5.72. The first kappa shape index (κ1) is 11.0. The van der Waals surface area contributed by atoms with Crippen LogP contribution in [0.1, 0.15) is 10.4 Å². The van der Waals surface area contributed by atoms with Crippen LogP contribution in [0.3, 0.4) is 0 Å². The summed E-state index contributed by atoms with van der Waals surface area (Å²) in [5.74, 6) is -0.388. The highest BCUT2D eigenvalue weighted by Gasteiger charge is 2.19. The molecule has 18 heavy (non-hydrogen) atoms. The predicted octanol–water partition coefficient (Wildman–Crippen LogP) is 0.981. The normalized spacial score (nSPS) is 15.3. The summed E-state index contributed by atoms with van der Waals surface area (Å²) in [7, 11) is 0. The fraction of sp³-hybridized carbons (Fsp3) is 0.214. The minimum atomic E-state index is -1.16. The molecule has 1 aliphatic rings. The van der Waals surface area contributed by atoms with Gasteiger partial charge in [-0.25, -0.2) is 0 Å². The van der Waals surface area contributed by atoms with Gasteiger partial charge in [-0.15, -0.1) is 0 Å². The maximum Gasteiger partial charge on any atom is 0.145 e. The molecule has 1 heterocycles. The molecule has 0 amide bonds. The third-order valence-corrected chi connectivity index (χ3v) is 2.96. The largest absolute Gasteiger partial charge is 0.545 e. The number of aromatic carboxylic acids is 1. The molecule has 0 unspecified atom stereocenters. The van der Waals surface area contributed by atoms with Crippen molar-refractivity contribution in [3.8, 4) is 5.75 Å². The fourth-order valence-electron chi connectivity index (χ4n) is 1.90. The molecule has 1 fully saturated rings. The third-order valence-electron chi connectivity index (χ3n) is 2.96. The van der Waals surface area contributed by atoms with Crippen molar-refractivity contribution < 1.29 is 19.4 Å². The molecule has 1 saturated heterocycles. The average Bonchev–Trinajstić information content (AvgIpc) is 2.33. The van der Waals surface area contributed by atoms with E-state index < -0.39 is 5.97 Å². The number of carbonyl (C=O) groups excluding carboxylic acids is 1. The lowest BCUT2D eigenvalue weighted by Gasteiger charge is -2.26. The molecule has 0 aliphatic carbocycles. The van der Waals surface area contributed by atoms with E-state index in [1.165, 1.54) is 6.07 Å². The Bertz CT molecular complexity index is 602. The quantitative estimate of drug-likeness (QED) is 0.806. The van der Waals surface area contributed by atoms with Crippen LogP contribution in [0.2, 0.25) is 0 Å². The number of hydrogen-bond acceptors (Lipinski definition) is 4. The highest BCUT2D eigenvalue weighted by Crippen LogP contribution is 2.23. The first-order valence-electron chi connectivity index (χ1n) is 5.72. The number of carboxylic acid groups (broad SMARTS) is 1. The summed E-state index contributed by atoms with van der Waals surface area (Å²) in [6.07, 6.45) is 0.130. The van der Waals surface area contributed by atoms with Crippen LogP contribution < -0.4 is 9.84 Å². The highest BCUT2D eigenvalue weighted by molar-refractivity contribution is 5.93. The molecule has 0 spiro atoms. The Morgan fingerprint density at radius 3 is 2.56 bits per heavy atom. The Balaban J connectivity index is 1.92. The Labute approximate surface area is 104 Å². The van der Waals surface area contributed by atoms with Crippen LogP contribution in [-0.4, -0.2) is 25.3 Å². The lowest BCUT2D eigenvalue weighted by Crippen LogP contribution is -2.38. The molecule has 3 rings (SSSR count). The van der Waals surface area contributed by atoms with Crippen molar-refractivity contribution in [2.45, 2.75) is 6.10 Å². The first-order chi connectivity index (χ1) is 8.72. The number of carbonyl (C=O) groups is 1. The number of hydrogen-bond donors (Lipinski definition) is 0. The van der Waals surface area contributed by atoms with Gasteiger partial charge in [0.05, 0.1) is 19.2 Å². The Hall–Kier alpha value is -2.07. The van der Waals surface area contributed by atoms with Gasteiger partial charge in [0, 0.05) is 0 Å². The minimum absolute atomic E-state index is 0.130. The second-order valence-electron chi connectivity index (χ2n) is 4.29. The van der Waals surface area contributed by atoms with Crippen LogP contribution in [0, 0.1) is 0 Å². The maximum absolute atomic E-state index is 10.8. The smallest absolute Gasteiger partial charge is 0.145 e. The number of fused-ring (bicyclic) bond motifs is 1. The van der Waals surface area contributed by atoms with E-state index in [-0.39, 0.29) is 11.7 Å². The molecule has 0 N–H and O–H groups in total. The number of ether oxygens (including phenoxy) is 2. The van der Waals surface area contributed by atoms with Crippen molar-refractivity contribution in [3.05, 3.63) is 42.0 Å².